The van der Waals surface area contributed by atoms with Crippen molar-refractivity contribution in [2.75, 3.05) is 18.5 Å². The summed E-state index contributed by atoms with van der Waals surface area (Å²) in [4.78, 5) is 35.6. The van der Waals surface area contributed by atoms with Crippen LogP contribution in [-0.4, -0.2) is 47.4 Å². The molecule has 4 N–H and O–H groups in total. The Morgan fingerprint density at radius 1 is 0.971 bits per heavy atom. The number of carboxylic acid groups (broad SMARTS) is 1. The fourth-order valence-electron chi connectivity index (χ4n) is 4.05. The zero-order valence-corrected chi connectivity index (χ0v) is 20.1. The van der Waals surface area contributed by atoms with Gasteiger partial charge in [0.05, 0.1) is 5.69 Å². The molecular weight excluding hydrogens is 516 g/mol. The van der Waals surface area contributed by atoms with Gasteiger partial charge < -0.3 is 20.3 Å². The van der Waals surface area contributed by atoms with Crippen LogP contribution >= 0.6 is 15.9 Å². The topological polar surface area (TPSA) is 125 Å². The van der Waals surface area contributed by atoms with Crippen molar-refractivity contribution in [3.63, 3.8) is 0 Å². The molecule has 0 heterocycles. The first kappa shape index (κ1) is 24.4. The Kier molecular flexibility index (Phi) is 7.48. The number of aliphatic carboxylic acids is 1. The predicted octanol–water partition coefficient (Wildman–Crippen LogP) is 4.38. The van der Waals surface area contributed by atoms with E-state index in [-0.39, 0.29) is 31.1 Å². The van der Waals surface area contributed by atoms with Crippen molar-refractivity contribution >= 4 is 39.6 Å². The van der Waals surface area contributed by atoms with Crippen LogP contribution in [-0.2, 0) is 9.53 Å². The second-order valence-electron chi connectivity index (χ2n) is 8.04. The van der Waals surface area contributed by atoms with Crippen LogP contribution < -0.4 is 10.6 Å². The summed E-state index contributed by atoms with van der Waals surface area (Å²) in [6, 6.07) is 20.7. The largest absolute Gasteiger partial charge is 0.479 e. The molecule has 1 aliphatic rings. The Morgan fingerprint density at radius 2 is 1.60 bits per heavy atom. The lowest BCUT2D eigenvalue weighted by Crippen LogP contribution is -2.30. The minimum Gasteiger partial charge on any atom is -0.479 e. The number of nitrogens with one attached hydrogen (secondary N) is 2. The first-order valence-corrected chi connectivity index (χ1v) is 11.7. The summed E-state index contributed by atoms with van der Waals surface area (Å²) in [6.45, 7) is 0.140. The Balaban J connectivity index is 1.38. The van der Waals surface area contributed by atoms with Crippen molar-refractivity contribution in [1.82, 2.24) is 5.32 Å². The van der Waals surface area contributed by atoms with Crippen molar-refractivity contribution in [3.05, 3.63) is 87.9 Å². The summed E-state index contributed by atoms with van der Waals surface area (Å²) < 4.78 is 6.12. The van der Waals surface area contributed by atoms with Crippen LogP contribution in [0.3, 0.4) is 0 Å². The number of carbonyl (C=O) groups is 3. The van der Waals surface area contributed by atoms with Gasteiger partial charge in [0, 0.05) is 28.9 Å². The van der Waals surface area contributed by atoms with Gasteiger partial charge in [-0.05, 0) is 56.4 Å². The molecule has 0 saturated heterocycles. The standard InChI is InChI=1S/C26H23BrN2O6/c27-21-10-9-15(24(31)28-12-11-23(30)25(32)33)13-22(21)29-26(34)35-14-20-18-7-3-1-5-16(18)17-6-2-4-8-19(17)20/h1-10,13,20,23,30H,11-12,14H2,(H,28,31)(H,29,34)(H,32,33)/t23-/m0/s1. The Hall–Kier alpha value is -3.69. The molecular formula is C26H23BrN2O6. The lowest BCUT2D eigenvalue weighted by atomic mass is 9.98. The van der Waals surface area contributed by atoms with Gasteiger partial charge >= 0.3 is 12.1 Å². The molecule has 0 fully saturated rings. The van der Waals surface area contributed by atoms with Crippen molar-refractivity contribution in [2.24, 2.45) is 0 Å². The Morgan fingerprint density at radius 3 is 2.23 bits per heavy atom. The molecule has 3 aromatic carbocycles. The zero-order valence-electron chi connectivity index (χ0n) is 18.5. The molecule has 35 heavy (non-hydrogen) atoms. The van der Waals surface area contributed by atoms with E-state index in [2.05, 4.69) is 38.7 Å². The number of hydrogen-bond donors (Lipinski definition) is 4. The quantitative estimate of drug-likeness (QED) is 0.337. The highest BCUT2D eigenvalue weighted by atomic mass is 79.9. The van der Waals surface area contributed by atoms with Gasteiger partial charge in [-0.2, -0.15) is 0 Å². The highest BCUT2D eigenvalue weighted by Crippen LogP contribution is 2.44. The number of fused-ring (bicyclic) bond motifs is 3. The number of hydrogen-bond acceptors (Lipinski definition) is 5. The number of anilines is 1. The van der Waals surface area contributed by atoms with E-state index in [9.17, 15) is 19.5 Å². The first-order valence-electron chi connectivity index (χ1n) is 11.0. The third kappa shape index (κ3) is 5.52. The van der Waals surface area contributed by atoms with Crippen LogP contribution in [0.4, 0.5) is 10.5 Å². The summed E-state index contributed by atoms with van der Waals surface area (Å²) in [5.74, 6) is -1.89. The van der Waals surface area contributed by atoms with Crippen molar-refractivity contribution in [2.45, 2.75) is 18.4 Å². The van der Waals surface area contributed by atoms with Gasteiger partial charge in [-0.3, -0.25) is 10.1 Å². The Labute approximate surface area is 210 Å². The molecule has 180 valence electrons. The van der Waals surface area contributed by atoms with Crippen LogP contribution in [0, 0.1) is 0 Å². The third-order valence-electron chi connectivity index (χ3n) is 5.80. The molecule has 0 unspecified atom stereocenters. The number of halogens is 1. The molecule has 8 nitrogen and oxygen atoms in total. The van der Waals surface area contributed by atoms with E-state index >= 15 is 0 Å². The molecule has 0 bridgehead atoms. The summed E-state index contributed by atoms with van der Waals surface area (Å²) in [5, 5.41) is 23.2. The highest BCUT2D eigenvalue weighted by molar-refractivity contribution is 9.10. The summed E-state index contributed by atoms with van der Waals surface area (Å²) >= 11 is 3.36. The monoisotopic (exact) mass is 538 g/mol. The number of rotatable bonds is 8. The van der Waals surface area contributed by atoms with Crippen molar-refractivity contribution in [3.8, 4) is 11.1 Å². The van der Waals surface area contributed by atoms with Crippen LogP contribution in [0.1, 0.15) is 33.8 Å². The van der Waals surface area contributed by atoms with E-state index < -0.39 is 24.1 Å². The average Bonchev–Trinajstić information content (AvgIpc) is 3.17. The lowest BCUT2D eigenvalue weighted by molar-refractivity contribution is -0.146. The van der Waals surface area contributed by atoms with E-state index in [1.807, 2.05) is 36.4 Å². The minimum atomic E-state index is -1.55. The number of carbonyl (C=O) groups excluding carboxylic acids is 2. The van der Waals surface area contributed by atoms with Crippen molar-refractivity contribution in [1.29, 1.82) is 0 Å². The predicted molar refractivity (Wildman–Crippen MR) is 133 cm³/mol. The molecule has 0 aliphatic heterocycles. The third-order valence-corrected chi connectivity index (χ3v) is 6.49. The first-order chi connectivity index (χ1) is 16.8. The van der Waals surface area contributed by atoms with Crippen LogP contribution in [0.2, 0.25) is 0 Å². The number of ether oxygens (including phenoxy) is 1. The van der Waals surface area contributed by atoms with E-state index in [1.54, 1.807) is 12.1 Å². The molecule has 2 amide bonds. The van der Waals surface area contributed by atoms with E-state index in [1.165, 1.54) is 6.07 Å². The molecule has 0 aromatic heterocycles. The van der Waals surface area contributed by atoms with E-state index in [4.69, 9.17) is 9.84 Å². The van der Waals surface area contributed by atoms with Crippen LogP contribution in [0.25, 0.3) is 11.1 Å². The molecule has 1 aliphatic carbocycles. The van der Waals surface area contributed by atoms with E-state index in [0.717, 1.165) is 22.3 Å². The molecule has 0 saturated carbocycles. The van der Waals surface area contributed by atoms with Gasteiger partial charge in [0.1, 0.15) is 6.61 Å². The summed E-state index contributed by atoms with van der Waals surface area (Å²) in [6.07, 6.45) is -2.33. The summed E-state index contributed by atoms with van der Waals surface area (Å²) in [5.41, 5.74) is 5.08. The van der Waals surface area contributed by atoms with E-state index in [0.29, 0.717) is 10.2 Å². The number of amides is 2. The summed E-state index contributed by atoms with van der Waals surface area (Å²) in [7, 11) is 0. The number of benzene rings is 3. The minimum absolute atomic E-state index is 0.0164. The van der Waals surface area contributed by atoms with Crippen LogP contribution in [0.5, 0.6) is 0 Å². The molecule has 0 spiro atoms. The fourth-order valence-corrected chi connectivity index (χ4v) is 4.40. The number of aliphatic hydroxyl groups is 1. The Bertz CT molecular complexity index is 1230. The van der Waals surface area contributed by atoms with Gasteiger partial charge in [-0.1, -0.05) is 48.5 Å². The normalized spacial score (nSPS) is 12.9. The maximum Gasteiger partial charge on any atom is 0.411 e. The second kappa shape index (κ2) is 10.7. The molecule has 3 aromatic rings. The van der Waals surface area contributed by atoms with Gasteiger partial charge in [0.15, 0.2) is 6.10 Å². The average molecular weight is 539 g/mol. The van der Waals surface area contributed by atoms with Gasteiger partial charge in [0.25, 0.3) is 5.91 Å². The molecule has 1 atom stereocenters. The van der Waals surface area contributed by atoms with Gasteiger partial charge in [-0.25, -0.2) is 9.59 Å². The van der Waals surface area contributed by atoms with Crippen molar-refractivity contribution < 1.29 is 29.3 Å². The molecule has 4 rings (SSSR count). The second-order valence-corrected chi connectivity index (χ2v) is 8.90. The number of carboxylic acids is 1. The lowest BCUT2D eigenvalue weighted by Gasteiger charge is -2.15. The van der Waals surface area contributed by atoms with Gasteiger partial charge in [0.2, 0.25) is 0 Å². The molecule has 0 radical (unpaired) electrons. The van der Waals surface area contributed by atoms with Gasteiger partial charge in [-0.15, -0.1) is 0 Å². The maximum atomic E-state index is 12.6. The zero-order chi connectivity index (χ0) is 24.9. The maximum absolute atomic E-state index is 12.6. The SMILES string of the molecule is O=C(Nc1cc(C(=O)NCC[C@H](O)C(=O)O)ccc1Br)OCC1c2ccccc2-c2ccccc21. The highest BCUT2D eigenvalue weighted by Gasteiger charge is 2.29. The van der Waals surface area contributed by atoms with Crippen LogP contribution in [0.15, 0.2) is 71.2 Å². The molecule has 9 heteroatoms. The smallest absolute Gasteiger partial charge is 0.411 e. The fraction of sp³-hybridized carbons (Fsp3) is 0.192. The number of aliphatic hydroxyl groups excluding tert-OH is 1.